The molecule has 0 aliphatic carbocycles. The topological polar surface area (TPSA) is 15.6 Å². The zero-order valence-electron chi connectivity index (χ0n) is 17.1. The fourth-order valence-electron chi connectivity index (χ4n) is 5.34. The summed E-state index contributed by atoms with van der Waals surface area (Å²) in [4.78, 5) is 7.73. The molecule has 2 atom stereocenters. The molecule has 3 aliphatic heterocycles. The molecule has 0 saturated carbocycles. The van der Waals surface area contributed by atoms with Crippen molar-refractivity contribution in [2.24, 2.45) is 10.9 Å². The van der Waals surface area contributed by atoms with E-state index in [1.807, 2.05) is 12.3 Å². The Morgan fingerprint density at radius 1 is 0.833 bits per heavy atom. The zero-order valence-corrected chi connectivity index (χ0v) is 17.1. The molecule has 3 heteroatoms. The van der Waals surface area contributed by atoms with Crippen LogP contribution in [0.1, 0.15) is 35.4 Å². The molecule has 3 aromatic rings. The van der Waals surface area contributed by atoms with E-state index in [2.05, 4.69) is 65.6 Å². The van der Waals surface area contributed by atoms with Gasteiger partial charge in [-0.3, -0.25) is 9.89 Å². The van der Waals surface area contributed by atoms with E-state index in [4.69, 9.17) is 4.99 Å². The SMILES string of the molecule is Fc1cccc(/C=N/[C@@H]2C3CCN(CC3)[C@H]2C(c2ccccc2)c2ccccc2)c1. The Labute approximate surface area is 178 Å². The Morgan fingerprint density at radius 3 is 2.07 bits per heavy atom. The average molecular weight is 399 g/mol. The zero-order chi connectivity index (χ0) is 20.3. The van der Waals surface area contributed by atoms with Gasteiger partial charge in [-0.1, -0.05) is 72.8 Å². The minimum atomic E-state index is -0.212. The third-order valence-corrected chi connectivity index (χ3v) is 6.73. The van der Waals surface area contributed by atoms with Crippen molar-refractivity contribution < 1.29 is 4.39 Å². The van der Waals surface area contributed by atoms with Gasteiger partial charge in [-0.15, -0.1) is 0 Å². The Bertz CT molecular complexity index is 954. The number of rotatable bonds is 5. The Kier molecular flexibility index (Phi) is 5.46. The van der Waals surface area contributed by atoms with Crippen molar-refractivity contribution >= 4 is 6.21 Å². The van der Waals surface area contributed by atoms with E-state index in [0.717, 1.165) is 18.7 Å². The summed E-state index contributed by atoms with van der Waals surface area (Å²) < 4.78 is 13.7. The second-order valence-electron chi connectivity index (χ2n) is 8.49. The van der Waals surface area contributed by atoms with Gasteiger partial charge in [0.05, 0.1) is 6.04 Å². The molecule has 3 saturated heterocycles. The Morgan fingerprint density at radius 2 is 1.47 bits per heavy atom. The normalized spacial score (nSPS) is 25.8. The summed E-state index contributed by atoms with van der Waals surface area (Å²) in [6.45, 7) is 2.27. The van der Waals surface area contributed by atoms with E-state index >= 15 is 0 Å². The average Bonchev–Trinajstić information content (AvgIpc) is 2.81. The number of hydrogen-bond acceptors (Lipinski definition) is 2. The van der Waals surface area contributed by atoms with Gasteiger partial charge < -0.3 is 0 Å². The summed E-state index contributed by atoms with van der Waals surface area (Å²) in [5.41, 5.74) is 3.51. The number of aliphatic imine (C=N–C) groups is 1. The van der Waals surface area contributed by atoms with E-state index < -0.39 is 0 Å². The molecule has 6 rings (SSSR count). The molecule has 2 bridgehead atoms. The number of piperidine rings is 3. The third-order valence-electron chi connectivity index (χ3n) is 6.73. The van der Waals surface area contributed by atoms with Crippen molar-refractivity contribution in [3.05, 3.63) is 107 Å². The second kappa shape index (κ2) is 8.53. The van der Waals surface area contributed by atoms with Gasteiger partial charge in [0, 0.05) is 18.2 Å². The van der Waals surface area contributed by atoms with E-state index in [9.17, 15) is 4.39 Å². The van der Waals surface area contributed by atoms with Crippen LogP contribution in [-0.2, 0) is 0 Å². The van der Waals surface area contributed by atoms with Crippen LogP contribution in [0.5, 0.6) is 0 Å². The number of halogens is 1. The summed E-state index contributed by atoms with van der Waals surface area (Å²) in [5.74, 6) is 0.640. The van der Waals surface area contributed by atoms with E-state index in [1.165, 1.54) is 30.0 Å². The van der Waals surface area contributed by atoms with Gasteiger partial charge in [0.2, 0.25) is 0 Å². The third kappa shape index (κ3) is 3.82. The summed E-state index contributed by atoms with van der Waals surface area (Å²) in [7, 11) is 0. The number of fused-ring (bicyclic) bond motifs is 3. The maximum atomic E-state index is 13.7. The van der Waals surface area contributed by atoms with Gasteiger partial charge >= 0.3 is 0 Å². The van der Waals surface area contributed by atoms with Gasteiger partial charge in [-0.25, -0.2) is 4.39 Å². The van der Waals surface area contributed by atoms with E-state index in [-0.39, 0.29) is 17.8 Å². The van der Waals surface area contributed by atoms with Crippen molar-refractivity contribution in [2.75, 3.05) is 13.1 Å². The highest BCUT2D eigenvalue weighted by atomic mass is 19.1. The lowest BCUT2D eigenvalue weighted by Crippen LogP contribution is -2.59. The van der Waals surface area contributed by atoms with Crippen LogP contribution in [-0.4, -0.2) is 36.3 Å². The molecule has 3 fully saturated rings. The standard InChI is InChI=1S/C27H27FN2/c28-24-13-7-8-20(18-24)19-29-26-23-14-16-30(17-15-23)27(26)25(21-9-3-1-4-10-21)22-11-5-2-6-12-22/h1-13,18-19,23,25-27H,14-17H2/b29-19+/t26-,27+/m1/s1. The van der Waals surface area contributed by atoms with Crippen LogP contribution in [0, 0.1) is 11.7 Å². The van der Waals surface area contributed by atoms with Crippen LogP contribution in [0.15, 0.2) is 89.9 Å². The Balaban J connectivity index is 1.55. The first-order valence-electron chi connectivity index (χ1n) is 10.9. The molecule has 0 aromatic heterocycles. The number of hydrogen-bond donors (Lipinski definition) is 0. The molecule has 0 unspecified atom stereocenters. The predicted molar refractivity (Wildman–Crippen MR) is 121 cm³/mol. The summed E-state index contributed by atoms with van der Waals surface area (Å²) in [5, 5.41) is 0. The van der Waals surface area contributed by atoms with Crippen molar-refractivity contribution in [3.8, 4) is 0 Å². The fourth-order valence-corrected chi connectivity index (χ4v) is 5.34. The molecule has 3 aliphatic rings. The minimum absolute atomic E-state index is 0.209. The lowest BCUT2D eigenvalue weighted by atomic mass is 9.71. The molecule has 2 nitrogen and oxygen atoms in total. The molecule has 0 N–H and O–H groups in total. The summed E-state index contributed by atoms with van der Waals surface area (Å²) >= 11 is 0. The van der Waals surface area contributed by atoms with E-state index in [1.54, 1.807) is 12.1 Å². The second-order valence-corrected chi connectivity index (χ2v) is 8.49. The summed E-state index contributed by atoms with van der Waals surface area (Å²) in [6.07, 6.45) is 4.27. The first kappa shape index (κ1) is 19.2. The van der Waals surface area contributed by atoms with Crippen LogP contribution in [0.3, 0.4) is 0 Å². The molecule has 0 radical (unpaired) electrons. The quantitative estimate of drug-likeness (QED) is 0.515. The van der Waals surface area contributed by atoms with E-state index in [0.29, 0.717) is 12.0 Å². The maximum absolute atomic E-state index is 13.7. The number of benzene rings is 3. The van der Waals surface area contributed by atoms with Crippen LogP contribution in [0.2, 0.25) is 0 Å². The van der Waals surface area contributed by atoms with Gasteiger partial charge in [0.15, 0.2) is 0 Å². The molecule has 152 valence electrons. The molecule has 0 spiro atoms. The van der Waals surface area contributed by atoms with Crippen LogP contribution >= 0.6 is 0 Å². The van der Waals surface area contributed by atoms with Crippen molar-refractivity contribution in [1.82, 2.24) is 4.90 Å². The molecular weight excluding hydrogens is 371 g/mol. The molecular formula is C27H27FN2. The molecule has 30 heavy (non-hydrogen) atoms. The highest BCUT2D eigenvalue weighted by molar-refractivity contribution is 5.79. The van der Waals surface area contributed by atoms with Crippen LogP contribution in [0.25, 0.3) is 0 Å². The maximum Gasteiger partial charge on any atom is 0.123 e. The van der Waals surface area contributed by atoms with Crippen LogP contribution in [0.4, 0.5) is 4.39 Å². The van der Waals surface area contributed by atoms with Gasteiger partial charge in [0.25, 0.3) is 0 Å². The largest absolute Gasteiger partial charge is 0.297 e. The van der Waals surface area contributed by atoms with Crippen molar-refractivity contribution in [3.63, 3.8) is 0 Å². The first-order chi connectivity index (χ1) is 14.8. The monoisotopic (exact) mass is 398 g/mol. The fraction of sp³-hybridized carbons (Fsp3) is 0.296. The first-order valence-corrected chi connectivity index (χ1v) is 10.9. The summed E-state index contributed by atoms with van der Waals surface area (Å²) in [6, 6.07) is 28.9. The smallest absolute Gasteiger partial charge is 0.123 e. The number of nitrogens with zero attached hydrogens (tertiary/aromatic N) is 2. The van der Waals surface area contributed by atoms with Gasteiger partial charge in [-0.05, 0) is 60.7 Å². The predicted octanol–water partition coefficient (Wildman–Crippen LogP) is 5.54. The molecule has 0 amide bonds. The molecule has 3 heterocycles. The van der Waals surface area contributed by atoms with Gasteiger partial charge in [-0.2, -0.15) is 0 Å². The Hall–Kier alpha value is -2.78. The highest BCUT2D eigenvalue weighted by Crippen LogP contribution is 2.43. The van der Waals surface area contributed by atoms with Gasteiger partial charge in [0.1, 0.15) is 5.82 Å². The lowest BCUT2D eigenvalue weighted by molar-refractivity contribution is 0.0215. The minimum Gasteiger partial charge on any atom is -0.297 e. The molecule has 3 aromatic carbocycles. The van der Waals surface area contributed by atoms with Crippen molar-refractivity contribution in [1.29, 1.82) is 0 Å². The highest BCUT2D eigenvalue weighted by Gasteiger charge is 2.46. The van der Waals surface area contributed by atoms with Crippen molar-refractivity contribution in [2.45, 2.75) is 30.8 Å². The van der Waals surface area contributed by atoms with Crippen LogP contribution < -0.4 is 0 Å². The lowest BCUT2D eigenvalue weighted by Gasteiger charge is -2.52.